The van der Waals surface area contributed by atoms with Gasteiger partial charge < -0.3 is 5.11 Å². The van der Waals surface area contributed by atoms with Crippen molar-refractivity contribution in [2.45, 2.75) is 36.1 Å². The Morgan fingerprint density at radius 3 is 2.62 bits per heavy atom. The van der Waals surface area contributed by atoms with Gasteiger partial charge in [0.15, 0.2) is 0 Å². The van der Waals surface area contributed by atoms with Crippen molar-refractivity contribution < 1.29 is 13.5 Å². The van der Waals surface area contributed by atoms with Crippen LogP contribution in [0.5, 0.6) is 0 Å². The highest BCUT2D eigenvalue weighted by Gasteiger charge is 2.32. The summed E-state index contributed by atoms with van der Waals surface area (Å²) in [6.07, 6.45) is 3.01. The summed E-state index contributed by atoms with van der Waals surface area (Å²) < 4.78 is 26.1. The maximum absolute atomic E-state index is 12.2. The number of sulfonamides is 1. The third-order valence-corrected chi connectivity index (χ3v) is 6.46. The van der Waals surface area contributed by atoms with E-state index in [0.29, 0.717) is 9.09 Å². The molecular formula is C10H15NO3S2. The lowest BCUT2D eigenvalue weighted by atomic mass is 9.94. The van der Waals surface area contributed by atoms with Crippen molar-refractivity contribution in [3.8, 4) is 0 Å². The zero-order valence-electron chi connectivity index (χ0n) is 9.09. The summed E-state index contributed by atoms with van der Waals surface area (Å²) >= 11 is 1.14. The number of hydrogen-bond acceptors (Lipinski definition) is 4. The second kappa shape index (κ2) is 4.44. The van der Waals surface area contributed by atoms with Crippen molar-refractivity contribution in [2.75, 3.05) is 7.05 Å². The van der Waals surface area contributed by atoms with E-state index in [1.165, 1.54) is 4.31 Å². The van der Waals surface area contributed by atoms with E-state index in [2.05, 4.69) is 0 Å². The molecule has 0 aromatic carbocycles. The van der Waals surface area contributed by atoms with Crippen LogP contribution in [0.3, 0.4) is 0 Å². The molecule has 0 spiro atoms. The van der Waals surface area contributed by atoms with Gasteiger partial charge in [-0.2, -0.15) is 4.31 Å². The highest BCUT2D eigenvalue weighted by Crippen LogP contribution is 2.31. The Labute approximate surface area is 99.6 Å². The second-order valence-corrected chi connectivity index (χ2v) is 7.38. The molecule has 1 aromatic rings. The lowest BCUT2D eigenvalue weighted by Crippen LogP contribution is -2.40. The molecule has 0 aliphatic heterocycles. The van der Waals surface area contributed by atoms with E-state index in [-0.39, 0.29) is 12.6 Å². The molecule has 1 fully saturated rings. The Bertz CT molecular complexity index is 462. The lowest BCUT2D eigenvalue weighted by molar-refractivity contribution is 0.250. The first-order chi connectivity index (χ1) is 7.55. The maximum Gasteiger partial charge on any atom is 0.252 e. The molecule has 2 rings (SSSR count). The molecule has 1 aromatic heterocycles. The van der Waals surface area contributed by atoms with Crippen molar-refractivity contribution in [2.24, 2.45) is 0 Å². The molecule has 4 nitrogen and oxygen atoms in total. The molecule has 0 unspecified atom stereocenters. The van der Waals surface area contributed by atoms with Crippen molar-refractivity contribution in [1.29, 1.82) is 0 Å². The first-order valence-electron chi connectivity index (χ1n) is 5.23. The normalized spacial score (nSPS) is 17.7. The largest absolute Gasteiger partial charge is 0.391 e. The van der Waals surface area contributed by atoms with Crippen LogP contribution in [0, 0.1) is 0 Å². The number of thiophene rings is 1. The summed E-state index contributed by atoms with van der Waals surface area (Å²) in [7, 11) is -1.71. The van der Waals surface area contributed by atoms with Crippen LogP contribution in [0.25, 0.3) is 0 Å². The summed E-state index contributed by atoms with van der Waals surface area (Å²) in [6.45, 7) is -0.104. The molecule has 0 bridgehead atoms. The molecule has 1 N–H and O–H groups in total. The molecule has 1 saturated carbocycles. The summed E-state index contributed by atoms with van der Waals surface area (Å²) in [5.74, 6) is 0. The standard InChI is InChI=1S/C10H15NO3S2/c1-11(8-3-2-4-8)16(13,14)10-6-5-9(7-12)15-10/h5-6,8,12H,2-4,7H2,1H3. The van der Waals surface area contributed by atoms with Gasteiger partial charge in [0.2, 0.25) is 0 Å². The first kappa shape index (κ1) is 12.0. The highest BCUT2D eigenvalue weighted by molar-refractivity contribution is 7.91. The number of aliphatic hydroxyl groups excluding tert-OH is 1. The minimum absolute atomic E-state index is 0.104. The van der Waals surface area contributed by atoms with E-state index in [1.54, 1.807) is 19.2 Å². The van der Waals surface area contributed by atoms with E-state index < -0.39 is 10.0 Å². The van der Waals surface area contributed by atoms with Gasteiger partial charge >= 0.3 is 0 Å². The fourth-order valence-electron chi connectivity index (χ4n) is 1.67. The van der Waals surface area contributed by atoms with E-state index in [1.807, 2.05) is 0 Å². The number of aliphatic hydroxyl groups is 1. The SMILES string of the molecule is CN(C1CCC1)S(=O)(=O)c1ccc(CO)s1. The van der Waals surface area contributed by atoms with E-state index >= 15 is 0 Å². The minimum atomic E-state index is -3.35. The third kappa shape index (κ3) is 2.02. The van der Waals surface area contributed by atoms with Crippen molar-refractivity contribution in [3.05, 3.63) is 17.0 Å². The van der Waals surface area contributed by atoms with Gasteiger partial charge in [0.05, 0.1) is 6.61 Å². The molecule has 1 aliphatic rings. The highest BCUT2D eigenvalue weighted by atomic mass is 32.2. The van der Waals surface area contributed by atoms with Crippen LogP contribution in [-0.2, 0) is 16.6 Å². The van der Waals surface area contributed by atoms with Crippen LogP contribution in [0.1, 0.15) is 24.1 Å². The predicted octanol–water partition coefficient (Wildman–Crippen LogP) is 1.41. The Balaban J connectivity index is 2.23. The van der Waals surface area contributed by atoms with Gasteiger partial charge in [-0.05, 0) is 25.0 Å². The van der Waals surface area contributed by atoms with E-state index in [4.69, 9.17) is 5.11 Å². The molecular weight excluding hydrogens is 246 g/mol. The van der Waals surface area contributed by atoms with E-state index in [9.17, 15) is 8.42 Å². The van der Waals surface area contributed by atoms with Gasteiger partial charge in [0, 0.05) is 18.0 Å². The van der Waals surface area contributed by atoms with Crippen molar-refractivity contribution in [3.63, 3.8) is 0 Å². The van der Waals surface area contributed by atoms with Gasteiger partial charge in [-0.25, -0.2) is 8.42 Å². The van der Waals surface area contributed by atoms with Crippen LogP contribution < -0.4 is 0 Å². The fourth-order valence-corrected chi connectivity index (χ4v) is 4.49. The summed E-state index contributed by atoms with van der Waals surface area (Å²) in [5.41, 5.74) is 0. The number of hydrogen-bond donors (Lipinski definition) is 1. The predicted molar refractivity (Wildman–Crippen MR) is 62.8 cm³/mol. The van der Waals surface area contributed by atoms with Crippen LogP contribution >= 0.6 is 11.3 Å². The zero-order chi connectivity index (χ0) is 11.8. The van der Waals surface area contributed by atoms with Crippen LogP contribution in [-0.4, -0.2) is 30.9 Å². The fraction of sp³-hybridized carbons (Fsp3) is 0.600. The molecule has 0 amide bonds. The van der Waals surface area contributed by atoms with Gasteiger partial charge in [0.25, 0.3) is 10.0 Å². The molecule has 1 aliphatic carbocycles. The van der Waals surface area contributed by atoms with Gasteiger partial charge in [-0.1, -0.05) is 6.42 Å². The number of nitrogens with zero attached hydrogens (tertiary/aromatic N) is 1. The Morgan fingerprint density at radius 1 is 1.50 bits per heavy atom. The molecule has 6 heteroatoms. The number of rotatable bonds is 4. The molecule has 0 radical (unpaired) electrons. The lowest BCUT2D eigenvalue weighted by Gasteiger charge is -2.33. The first-order valence-corrected chi connectivity index (χ1v) is 7.49. The molecule has 0 saturated heterocycles. The molecule has 1 heterocycles. The average Bonchev–Trinajstić information content (AvgIpc) is 2.63. The monoisotopic (exact) mass is 261 g/mol. The average molecular weight is 261 g/mol. The summed E-state index contributed by atoms with van der Waals surface area (Å²) in [6, 6.07) is 3.39. The van der Waals surface area contributed by atoms with Gasteiger partial charge in [0.1, 0.15) is 4.21 Å². The van der Waals surface area contributed by atoms with E-state index in [0.717, 1.165) is 30.6 Å². The van der Waals surface area contributed by atoms with Crippen LogP contribution in [0.4, 0.5) is 0 Å². The van der Waals surface area contributed by atoms with Crippen molar-refractivity contribution >= 4 is 21.4 Å². The van der Waals surface area contributed by atoms with Crippen LogP contribution in [0.15, 0.2) is 16.3 Å². The Morgan fingerprint density at radius 2 is 2.19 bits per heavy atom. The van der Waals surface area contributed by atoms with Gasteiger partial charge in [-0.15, -0.1) is 11.3 Å². The van der Waals surface area contributed by atoms with Crippen LogP contribution in [0.2, 0.25) is 0 Å². The third-order valence-electron chi connectivity index (χ3n) is 3.02. The second-order valence-electron chi connectivity index (χ2n) is 3.98. The Hall–Kier alpha value is -0.430. The zero-order valence-corrected chi connectivity index (χ0v) is 10.7. The quantitative estimate of drug-likeness (QED) is 0.891. The smallest absolute Gasteiger partial charge is 0.252 e. The maximum atomic E-state index is 12.2. The Kier molecular flexibility index (Phi) is 3.34. The summed E-state index contributed by atoms with van der Waals surface area (Å²) in [5, 5.41) is 8.92. The molecule has 0 atom stereocenters. The summed E-state index contributed by atoms with van der Waals surface area (Å²) in [4.78, 5) is 0.681. The minimum Gasteiger partial charge on any atom is -0.391 e. The topological polar surface area (TPSA) is 57.6 Å². The molecule has 16 heavy (non-hydrogen) atoms. The molecule has 90 valence electrons. The van der Waals surface area contributed by atoms with Gasteiger partial charge in [-0.3, -0.25) is 0 Å². The van der Waals surface area contributed by atoms with Crippen molar-refractivity contribution in [1.82, 2.24) is 4.31 Å².